The molecular formula is C16H12FNO. The van der Waals surface area contributed by atoms with Crippen molar-refractivity contribution in [3.8, 4) is 5.75 Å². The maximum atomic E-state index is 13.1. The summed E-state index contributed by atoms with van der Waals surface area (Å²) in [6.07, 6.45) is 1.71. The van der Waals surface area contributed by atoms with Crippen LogP contribution in [0.25, 0.3) is 10.9 Å². The van der Waals surface area contributed by atoms with Crippen molar-refractivity contribution in [1.82, 2.24) is 4.98 Å². The van der Waals surface area contributed by atoms with Crippen LogP contribution in [0.5, 0.6) is 5.75 Å². The van der Waals surface area contributed by atoms with Gasteiger partial charge in [-0.2, -0.15) is 0 Å². The molecule has 1 aromatic heterocycles. The summed E-state index contributed by atoms with van der Waals surface area (Å²) < 4.78 is 18.8. The van der Waals surface area contributed by atoms with Crippen LogP contribution in [0, 0.1) is 5.82 Å². The van der Waals surface area contributed by atoms with Crippen LogP contribution in [-0.4, -0.2) is 4.98 Å². The summed E-state index contributed by atoms with van der Waals surface area (Å²) in [5.41, 5.74) is 1.69. The number of benzene rings is 2. The van der Waals surface area contributed by atoms with Crippen molar-refractivity contribution in [2.24, 2.45) is 0 Å². The lowest BCUT2D eigenvalue weighted by molar-refractivity contribution is 0.309. The van der Waals surface area contributed by atoms with Gasteiger partial charge >= 0.3 is 0 Å². The third kappa shape index (κ3) is 2.55. The molecule has 3 aromatic rings. The number of halogens is 1. The van der Waals surface area contributed by atoms with Crippen LogP contribution in [0.2, 0.25) is 0 Å². The van der Waals surface area contributed by atoms with E-state index in [0.717, 1.165) is 22.2 Å². The number of hydrogen-bond acceptors (Lipinski definition) is 2. The van der Waals surface area contributed by atoms with Gasteiger partial charge in [0, 0.05) is 11.6 Å². The van der Waals surface area contributed by atoms with Crippen LogP contribution in [0.3, 0.4) is 0 Å². The molecule has 1 heterocycles. The number of fused-ring (bicyclic) bond motifs is 1. The molecule has 2 nitrogen and oxygen atoms in total. The average molecular weight is 253 g/mol. The molecule has 19 heavy (non-hydrogen) atoms. The lowest BCUT2D eigenvalue weighted by Gasteiger charge is -2.08. The molecule has 0 radical (unpaired) electrons. The Morgan fingerprint density at radius 2 is 1.89 bits per heavy atom. The summed E-state index contributed by atoms with van der Waals surface area (Å²) in [6, 6.07) is 16.0. The van der Waals surface area contributed by atoms with Gasteiger partial charge in [-0.05, 0) is 35.9 Å². The predicted molar refractivity (Wildman–Crippen MR) is 72.5 cm³/mol. The Balaban J connectivity index is 1.86. The van der Waals surface area contributed by atoms with Crippen molar-refractivity contribution in [3.05, 3.63) is 72.2 Å². The van der Waals surface area contributed by atoms with E-state index in [4.69, 9.17) is 4.74 Å². The van der Waals surface area contributed by atoms with E-state index < -0.39 is 0 Å². The van der Waals surface area contributed by atoms with Crippen LogP contribution in [0.15, 0.2) is 60.8 Å². The van der Waals surface area contributed by atoms with Crippen molar-refractivity contribution in [2.45, 2.75) is 6.61 Å². The highest BCUT2D eigenvalue weighted by atomic mass is 19.1. The number of aromatic nitrogens is 1. The minimum absolute atomic E-state index is 0.249. The van der Waals surface area contributed by atoms with Gasteiger partial charge in [0.15, 0.2) is 0 Å². The quantitative estimate of drug-likeness (QED) is 0.705. The van der Waals surface area contributed by atoms with Gasteiger partial charge in [-0.25, -0.2) is 4.39 Å². The second-order valence-electron chi connectivity index (χ2n) is 4.24. The molecule has 0 saturated heterocycles. The highest BCUT2D eigenvalue weighted by molar-refractivity contribution is 5.84. The largest absolute Gasteiger partial charge is 0.488 e. The van der Waals surface area contributed by atoms with E-state index in [1.165, 1.54) is 12.1 Å². The van der Waals surface area contributed by atoms with Crippen LogP contribution in [0.1, 0.15) is 5.56 Å². The normalized spacial score (nSPS) is 10.6. The van der Waals surface area contributed by atoms with Crippen molar-refractivity contribution in [2.75, 3.05) is 0 Å². The number of pyridine rings is 1. The number of rotatable bonds is 3. The minimum atomic E-state index is -0.249. The summed E-state index contributed by atoms with van der Waals surface area (Å²) in [7, 11) is 0. The van der Waals surface area contributed by atoms with E-state index in [2.05, 4.69) is 4.98 Å². The zero-order chi connectivity index (χ0) is 13.1. The van der Waals surface area contributed by atoms with Crippen LogP contribution >= 0.6 is 0 Å². The van der Waals surface area contributed by atoms with Gasteiger partial charge in [-0.1, -0.05) is 24.3 Å². The molecule has 0 atom stereocenters. The molecule has 0 spiro atoms. The Hall–Kier alpha value is -2.42. The monoisotopic (exact) mass is 253 g/mol. The first-order valence-electron chi connectivity index (χ1n) is 6.04. The molecule has 0 bridgehead atoms. The number of para-hydroxylation sites is 1. The molecule has 3 rings (SSSR count). The summed E-state index contributed by atoms with van der Waals surface area (Å²) >= 11 is 0. The first kappa shape index (κ1) is 11.7. The Morgan fingerprint density at radius 1 is 1.00 bits per heavy atom. The van der Waals surface area contributed by atoms with E-state index in [1.54, 1.807) is 12.3 Å². The SMILES string of the molecule is Fc1cccc(COc2ccnc3ccccc23)c1. The second-order valence-corrected chi connectivity index (χ2v) is 4.24. The first-order valence-corrected chi connectivity index (χ1v) is 6.04. The van der Waals surface area contributed by atoms with Crippen molar-refractivity contribution in [1.29, 1.82) is 0 Å². The molecule has 0 aliphatic carbocycles. The number of hydrogen-bond donors (Lipinski definition) is 0. The molecule has 0 unspecified atom stereocenters. The molecule has 0 aliphatic rings. The fourth-order valence-electron chi connectivity index (χ4n) is 1.98. The van der Waals surface area contributed by atoms with E-state index >= 15 is 0 Å². The molecule has 0 saturated carbocycles. The average Bonchev–Trinajstić information content (AvgIpc) is 2.45. The predicted octanol–water partition coefficient (Wildman–Crippen LogP) is 3.95. The maximum absolute atomic E-state index is 13.1. The van der Waals surface area contributed by atoms with Gasteiger partial charge in [-0.15, -0.1) is 0 Å². The molecule has 0 N–H and O–H groups in total. The Kier molecular flexibility index (Phi) is 3.11. The summed E-state index contributed by atoms with van der Waals surface area (Å²) in [6.45, 7) is 0.339. The van der Waals surface area contributed by atoms with Crippen LogP contribution < -0.4 is 4.74 Å². The molecule has 3 heteroatoms. The lowest BCUT2D eigenvalue weighted by Crippen LogP contribution is -1.96. The summed E-state index contributed by atoms with van der Waals surface area (Å²) in [4.78, 5) is 4.27. The van der Waals surface area contributed by atoms with Crippen molar-refractivity contribution >= 4 is 10.9 Å². The third-order valence-electron chi connectivity index (χ3n) is 2.89. The second kappa shape index (κ2) is 5.06. The van der Waals surface area contributed by atoms with Gasteiger partial charge < -0.3 is 4.74 Å². The van der Waals surface area contributed by atoms with Gasteiger partial charge in [-0.3, -0.25) is 4.98 Å². The van der Waals surface area contributed by atoms with Gasteiger partial charge in [0.2, 0.25) is 0 Å². The zero-order valence-corrected chi connectivity index (χ0v) is 10.2. The Labute approximate surface area is 110 Å². The highest BCUT2D eigenvalue weighted by Gasteiger charge is 2.03. The van der Waals surface area contributed by atoms with Crippen LogP contribution in [0.4, 0.5) is 4.39 Å². The fourth-order valence-corrected chi connectivity index (χ4v) is 1.98. The summed E-state index contributed by atoms with van der Waals surface area (Å²) in [5.74, 6) is 0.510. The van der Waals surface area contributed by atoms with Gasteiger partial charge in [0.1, 0.15) is 18.2 Å². The molecule has 0 amide bonds. The molecule has 0 fully saturated rings. The first-order chi connectivity index (χ1) is 9.33. The Bertz CT molecular complexity index is 706. The fraction of sp³-hybridized carbons (Fsp3) is 0.0625. The zero-order valence-electron chi connectivity index (χ0n) is 10.2. The van der Waals surface area contributed by atoms with E-state index in [0.29, 0.717) is 6.61 Å². The maximum Gasteiger partial charge on any atom is 0.130 e. The van der Waals surface area contributed by atoms with E-state index in [1.807, 2.05) is 36.4 Å². The standard InChI is InChI=1S/C16H12FNO/c17-13-5-3-4-12(10-13)11-19-16-8-9-18-15-7-2-1-6-14(15)16/h1-10H,11H2. The highest BCUT2D eigenvalue weighted by Crippen LogP contribution is 2.24. The summed E-state index contributed by atoms with van der Waals surface area (Å²) in [5, 5.41) is 0.960. The molecular weight excluding hydrogens is 241 g/mol. The van der Waals surface area contributed by atoms with E-state index in [-0.39, 0.29) is 5.82 Å². The third-order valence-corrected chi connectivity index (χ3v) is 2.89. The topological polar surface area (TPSA) is 22.1 Å². The van der Waals surface area contributed by atoms with Crippen molar-refractivity contribution in [3.63, 3.8) is 0 Å². The number of ether oxygens (including phenoxy) is 1. The Morgan fingerprint density at radius 3 is 2.79 bits per heavy atom. The minimum Gasteiger partial charge on any atom is -0.488 e. The van der Waals surface area contributed by atoms with Gasteiger partial charge in [0.05, 0.1) is 5.52 Å². The molecule has 2 aromatic carbocycles. The van der Waals surface area contributed by atoms with Gasteiger partial charge in [0.25, 0.3) is 0 Å². The smallest absolute Gasteiger partial charge is 0.130 e. The lowest BCUT2D eigenvalue weighted by atomic mass is 10.2. The van der Waals surface area contributed by atoms with E-state index in [9.17, 15) is 4.39 Å². The molecule has 94 valence electrons. The van der Waals surface area contributed by atoms with Crippen LogP contribution in [-0.2, 0) is 6.61 Å². The number of nitrogens with zero attached hydrogens (tertiary/aromatic N) is 1. The van der Waals surface area contributed by atoms with Crippen molar-refractivity contribution < 1.29 is 9.13 Å². The molecule has 0 aliphatic heterocycles.